The number of nitrogens with one attached hydrogen (secondary N) is 1. The zero-order valence-corrected chi connectivity index (χ0v) is 15.5. The van der Waals surface area contributed by atoms with Crippen LogP contribution < -0.4 is 5.32 Å². The fourth-order valence-electron chi connectivity index (χ4n) is 3.67. The van der Waals surface area contributed by atoms with Crippen LogP contribution in [-0.4, -0.2) is 39.1 Å². The van der Waals surface area contributed by atoms with Crippen LogP contribution in [0.25, 0.3) is 10.9 Å². The molecule has 1 fully saturated rings. The molecule has 1 atom stereocenters. The number of piperazine rings is 1. The van der Waals surface area contributed by atoms with Crippen LogP contribution in [0.1, 0.15) is 23.0 Å². The number of rotatable bonds is 3. The summed E-state index contributed by atoms with van der Waals surface area (Å²) in [6.07, 6.45) is 5.77. The predicted molar refractivity (Wildman–Crippen MR) is 103 cm³/mol. The van der Waals surface area contributed by atoms with Crippen molar-refractivity contribution < 1.29 is 0 Å². The van der Waals surface area contributed by atoms with Crippen molar-refractivity contribution >= 4 is 23.3 Å². The largest absolute Gasteiger partial charge is 0.337 e. The Balaban J connectivity index is 0.00000182. The van der Waals surface area contributed by atoms with Gasteiger partial charge in [0.15, 0.2) is 0 Å². The van der Waals surface area contributed by atoms with Gasteiger partial charge in [-0.3, -0.25) is 9.88 Å². The number of hydrogen-bond donors (Lipinski definition) is 1. The van der Waals surface area contributed by atoms with Gasteiger partial charge < -0.3 is 9.88 Å². The molecule has 4 rings (SSSR count). The van der Waals surface area contributed by atoms with Crippen molar-refractivity contribution in [3.05, 3.63) is 59.8 Å². The smallest absolute Gasteiger partial charge is 0.127 e. The van der Waals surface area contributed by atoms with E-state index in [1.54, 1.807) is 0 Å². The summed E-state index contributed by atoms with van der Waals surface area (Å²) >= 11 is 0. The minimum absolute atomic E-state index is 0. The van der Waals surface area contributed by atoms with Crippen LogP contribution in [0.3, 0.4) is 0 Å². The monoisotopic (exact) mass is 357 g/mol. The van der Waals surface area contributed by atoms with Crippen molar-refractivity contribution in [1.82, 2.24) is 24.8 Å². The van der Waals surface area contributed by atoms with Crippen molar-refractivity contribution in [2.24, 2.45) is 7.05 Å². The number of pyridine rings is 1. The third-order valence-corrected chi connectivity index (χ3v) is 4.85. The summed E-state index contributed by atoms with van der Waals surface area (Å²) < 4.78 is 2.13. The van der Waals surface area contributed by atoms with Crippen molar-refractivity contribution in [2.45, 2.75) is 19.5 Å². The van der Waals surface area contributed by atoms with Crippen LogP contribution in [0, 0.1) is 6.92 Å². The van der Waals surface area contributed by atoms with Gasteiger partial charge in [0.2, 0.25) is 0 Å². The number of aryl methyl sites for hydroxylation is 2. The second-order valence-electron chi connectivity index (χ2n) is 6.57. The van der Waals surface area contributed by atoms with Crippen molar-refractivity contribution in [3.63, 3.8) is 0 Å². The maximum atomic E-state index is 4.57. The average molecular weight is 358 g/mol. The lowest BCUT2D eigenvalue weighted by molar-refractivity contribution is 0.145. The third-order valence-electron chi connectivity index (χ3n) is 4.85. The van der Waals surface area contributed by atoms with Gasteiger partial charge in [-0.1, -0.05) is 12.1 Å². The van der Waals surface area contributed by atoms with Gasteiger partial charge in [0.1, 0.15) is 5.82 Å². The number of fused-ring (bicyclic) bond motifs is 1. The van der Waals surface area contributed by atoms with Crippen LogP contribution in [0.5, 0.6) is 0 Å². The molecule has 0 bridgehead atoms. The highest BCUT2D eigenvalue weighted by atomic mass is 35.5. The molecule has 6 heteroatoms. The molecule has 1 saturated heterocycles. The second-order valence-corrected chi connectivity index (χ2v) is 6.57. The number of benzene rings is 1. The molecule has 1 N–H and O–H groups in total. The molecule has 3 heterocycles. The number of imidazole rings is 1. The van der Waals surface area contributed by atoms with E-state index < -0.39 is 0 Å². The van der Waals surface area contributed by atoms with Gasteiger partial charge in [0.25, 0.3) is 0 Å². The number of aromatic nitrogens is 3. The van der Waals surface area contributed by atoms with Gasteiger partial charge in [0.05, 0.1) is 11.6 Å². The Morgan fingerprint density at radius 1 is 1.24 bits per heavy atom. The highest BCUT2D eigenvalue weighted by Crippen LogP contribution is 2.25. The maximum Gasteiger partial charge on any atom is 0.127 e. The fraction of sp³-hybridized carbons (Fsp3) is 0.368. The fourth-order valence-corrected chi connectivity index (χ4v) is 3.67. The van der Waals surface area contributed by atoms with Gasteiger partial charge in [-0.05, 0) is 30.2 Å². The summed E-state index contributed by atoms with van der Waals surface area (Å²) in [7, 11) is 2.07. The van der Waals surface area contributed by atoms with Crippen LogP contribution in [0.2, 0.25) is 0 Å². The summed E-state index contributed by atoms with van der Waals surface area (Å²) in [5, 5.41) is 4.72. The summed E-state index contributed by atoms with van der Waals surface area (Å²) in [6.45, 7) is 6.08. The number of halogens is 1. The van der Waals surface area contributed by atoms with E-state index in [0.29, 0.717) is 6.04 Å². The number of hydrogen-bond acceptors (Lipinski definition) is 4. The Morgan fingerprint density at radius 2 is 2.12 bits per heavy atom. The van der Waals surface area contributed by atoms with E-state index in [1.807, 2.05) is 24.7 Å². The molecule has 3 aromatic rings. The third kappa shape index (κ3) is 3.54. The average Bonchev–Trinajstić information content (AvgIpc) is 3.01. The SMILES string of the molecule is Cc1cc(CN2CCNCC2c2nccn2C)cc2cccnc12.Cl. The summed E-state index contributed by atoms with van der Waals surface area (Å²) in [4.78, 5) is 11.6. The molecule has 132 valence electrons. The molecule has 0 radical (unpaired) electrons. The summed E-state index contributed by atoms with van der Waals surface area (Å²) in [5.41, 5.74) is 3.68. The molecule has 1 unspecified atom stereocenters. The van der Waals surface area contributed by atoms with Crippen LogP contribution in [-0.2, 0) is 13.6 Å². The van der Waals surface area contributed by atoms with Crippen molar-refractivity contribution in [1.29, 1.82) is 0 Å². The lowest BCUT2D eigenvalue weighted by atomic mass is 10.0. The topological polar surface area (TPSA) is 46.0 Å². The normalized spacial score (nSPS) is 18.2. The lowest BCUT2D eigenvalue weighted by Crippen LogP contribution is -2.46. The first-order chi connectivity index (χ1) is 11.7. The first-order valence-corrected chi connectivity index (χ1v) is 8.48. The molecule has 1 aliphatic rings. The van der Waals surface area contributed by atoms with Crippen LogP contribution in [0.15, 0.2) is 42.9 Å². The highest BCUT2D eigenvalue weighted by Gasteiger charge is 2.26. The van der Waals surface area contributed by atoms with Gasteiger partial charge >= 0.3 is 0 Å². The standard InChI is InChI=1S/C19H23N5.ClH/c1-14-10-15(11-16-4-3-5-21-18(14)16)13-24-9-6-20-12-17(24)19-22-7-8-23(19)2;/h3-5,7-8,10-11,17,20H,6,9,12-13H2,1-2H3;1H. The molecule has 1 aromatic carbocycles. The first kappa shape index (κ1) is 17.9. The quantitative estimate of drug-likeness (QED) is 0.783. The highest BCUT2D eigenvalue weighted by molar-refractivity contribution is 5.85. The van der Waals surface area contributed by atoms with Crippen LogP contribution >= 0.6 is 12.4 Å². The zero-order valence-electron chi connectivity index (χ0n) is 14.6. The Hall–Kier alpha value is -1.95. The summed E-state index contributed by atoms with van der Waals surface area (Å²) in [6, 6.07) is 9.00. The molecular formula is C19H24ClN5. The summed E-state index contributed by atoms with van der Waals surface area (Å²) in [5.74, 6) is 1.13. The zero-order chi connectivity index (χ0) is 16.5. The molecule has 0 spiro atoms. The minimum atomic E-state index is 0. The van der Waals surface area contributed by atoms with E-state index in [0.717, 1.165) is 37.5 Å². The van der Waals surface area contributed by atoms with Gasteiger partial charge in [-0.15, -0.1) is 12.4 Å². The molecule has 25 heavy (non-hydrogen) atoms. The molecule has 0 amide bonds. The van der Waals surface area contributed by atoms with E-state index in [4.69, 9.17) is 0 Å². The van der Waals surface area contributed by atoms with E-state index in [-0.39, 0.29) is 12.4 Å². The molecule has 0 aliphatic carbocycles. The van der Waals surface area contributed by atoms with E-state index >= 15 is 0 Å². The Bertz CT molecular complexity index is 860. The minimum Gasteiger partial charge on any atom is -0.337 e. The molecular weight excluding hydrogens is 334 g/mol. The number of nitrogens with zero attached hydrogens (tertiary/aromatic N) is 4. The van der Waals surface area contributed by atoms with Crippen molar-refractivity contribution in [3.8, 4) is 0 Å². The lowest BCUT2D eigenvalue weighted by Gasteiger charge is -2.35. The Kier molecular flexibility index (Phi) is 5.37. The molecule has 1 aliphatic heterocycles. The van der Waals surface area contributed by atoms with E-state index in [2.05, 4.69) is 56.9 Å². The maximum absolute atomic E-state index is 4.57. The van der Waals surface area contributed by atoms with E-state index in [9.17, 15) is 0 Å². The molecule has 5 nitrogen and oxygen atoms in total. The Morgan fingerprint density at radius 3 is 2.92 bits per heavy atom. The van der Waals surface area contributed by atoms with Gasteiger partial charge in [0, 0.05) is 57.2 Å². The van der Waals surface area contributed by atoms with Crippen molar-refractivity contribution in [2.75, 3.05) is 19.6 Å². The van der Waals surface area contributed by atoms with Crippen LogP contribution in [0.4, 0.5) is 0 Å². The second kappa shape index (κ2) is 7.52. The molecule has 0 saturated carbocycles. The first-order valence-electron chi connectivity index (χ1n) is 8.48. The van der Waals surface area contributed by atoms with E-state index in [1.165, 1.54) is 16.5 Å². The molecule has 2 aromatic heterocycles. The van der Waals surface area contributed by atoms with Gasteiger partial charge in [-0.2, -0.15) is 0 Å². The Labute approximate surface area is 154 Å². The van der Waals surface area contributed by atoms with Gasteiger partial charge in [-0.25, -0.2) is 4.98 Å². The predicted octanol–water partition coefficient (Wildman–Crippen LogP) is 2.85.